The first-order chi connectivity index (χ1) is 7.85. The molecule has 1 saturated carbocycles. The molecule has 0 aromatic carbocycles. The van der Waals surface area contributed by atoms with Gasteiger partial charge in [0.25, 0.3) is 0 Å². The van der Waals surface area contributed by atoms with E-state index in [1.54, 1.807) is 7.11 Å². The number of carboxylic acids is 1. The third-order valence-corrected chi connectivity index (χ3v) is 3.12. The molecule has 0 aromatic heterocycles. The second-order valence-electron chi connectivity index (χ2n) is 5.35. The Kier molecular flexibility index (Phi) is 4.51. The molecular weight excluding hydrogens is 222 g/mol. The number of nitrogens with one attached hydrogen (secondary N) is 1. The van der Waals surface area contributed by atoms with Crippen LogP contribution in [0, 0.1) is 11.8 Å². The van der Waals surface area contributed by atoms with Gasteiger partial charge in [-0.1, -0.05) is 0 Å². The molecule has 1 fully saturated rings. The fraction of sp³-hybridized carbons (Fsp3) is 0.833. The molecule has 0 spiro atoms. The van der Waals surface area contributed by atoms with Crippen LogP contribution in [-0.2, 0) is 14.3 Å². The first-order valence-corrected chi connectivity index (χ1v) is 5.89. The molecule has 1 aliphatic carbocycles. The zero-order chi connectivity index (χ0) is 13.1. The number of hydrogen-bond acceptors (Lipinski definition) is 3. The van der Waals surface area contributed by atoms with Gasteiger partial charge < -0.3 is 15.2 Å². The second-order valence-corrected chi connectivity index (χ2v) is 5.35. The van der Waals surface area contributed by atoms with Crippen LogP contribution < -0.4 is 5.32 Å². The number of rotatable bonds is 5. The molecule has 0 aromatic rings. The zero-order valence-corrected chi connectivity index (χ0v) is 10.7. The summed E-state index contributed by atoms with van der Waals surface area (Å²) in [5.41, 5.74) is -0.410. The largest absolute Gasteiger partial charge is 0.481 e. The average molecular weight is 243 g/mol. The minimum Gasteiger partial charge on any atom is -0.481 e. The van der Waals surface area contributed by atoms with Crippen LogP contribution >= 0.6 is 0 Å². The van der Waals surface area contributed by atoms with Gasteiger partial charge in [-0.15, -0.1) is 0 Å². The molecule has 1 aliphatic rings. The number of carbonyl (C=O) groups excluding carboxylic acids is 1. The van der Waals surface area contributed by atoms with Gasteiger partial charge in [0.15, 0.2) is 0 Å². The van der Waals surface area contributed by atoms with Crippen molar-refractivity contribution in [3.8, 4) is 0 Å². The van der Waals surface area contributed by atoms with Crippen LogP contribution in [0.3, 0.4) is 0 Å². The Morgan fingerprint density at radius 1 is 1.35 bits per heavy atom. The standard InChI is InChI=1S/C12H21NO4/c1-12(2,7-17-3)13-10(14)8-4-5-9(6-8)11(15)16/h8-9H,4-7H2,1-3H3,(H,13,14)(H,15,16)/t8-,9+/m1/s1. The zero-order valence-electron chi connectivity index (χ0n) is 10.7. The fourth-order valence-corrected chi connectivity index (χ4v) is 2.28. The van der Waals surface area contributed by atoms with Crippen molar-refractivity contribution >= 4 is 11.9 Å². The summed E-state index contributed by atoms with van der Waals surface area (Å²) < 4.78 is 5.02. The van der Waals surface area contributed by atoms with Gasteiger partial charge >= 0.3 is 5.97 Å². The minimum absolute atomic E-state index is 0.0594. The monoisotopic (exact) mass is 243 g/mol. The van der Waals surface area contributed by atoms with Crippen LogP contribution in [0.15, 0.2) is 0 Å². The van der Waals surface area contributed by atoms with E-state index in [0.29, 0.717) is 25.9 Å². The molecule has 0 saturated heterocycles. The van der Waals surface area contributed by atoms with E-state index in [1.165, 1.54) is 0 Å². The van der Waals surface area contributed by atoms with Gasteiger partial charge in [0.1, 0.15) is 0 Å². The molecule has 0 bridgehead atoms. The highest BCUT2D eigenvalue weighted by Gasteiger charge is 2.35. The normalized spacial score (nSPS) is 24.6. The van der Waals surface area contributed by atoms with Crippen molar-refractivity contribution in [2.75, 3.05) is 13.7 Å². The molecule has 5 nitrogen and oxygen atoms in total. The smallest absolute Gasteiger partial charge is 0.306 e. The van der Waals surface area contributed by atoms with Gasteiger partial charge in [0.05, 0.1) is 18.1 Å². The summed E-state index contributed by atoms with van der Waals surface area (Å²) in [6.45, 7) is 4.21. The Balaban J connectivity index is 2.47. The van der Waals surface area contributed by atoms with Gasteiger partial charge in [-0.2, -0.15) is 0 Å². The Morgan fingerprint density at radius 2 is 1.94 bits per heavy atom. The van der Waals surface area contributed by atoms with Gasteiger partial charge in [-0.25, -0.2) is 0 Å². The lowest BCUT2D eigenvalue weighted by atomic mass is 10.0. The van der Waals surface area contributed by atoms with Crippen LogP contribution in [0.5, 0.6) is 0 Å². The first-order valence-electron chi connectivity index (χ1n) is 5.89. The lowest BCUT2D eigenvalue weighted by Crippen LogP contribution is -2.48. The molecule has 1 amide bonds. The fourth-order valence-electron chi connectivity index (χ4n) is 2.28. The van der Waals surface area contributed by atoms with Crippen LogP contribution in [-0.4, -0.2) is 36.2 Å². The summed E-state index contributed by atoms with van der Waals surface area (Å²) in [6, 6.07) is 0. The van der Waals surface area contributed by atoms with Crippen molar-refractivity contribution in [3.05, 3.63) is 0 Å². The number of ether oxygens (including phenoxy) is 1. The van der Waals surface area contributed by atoms with E-state index in [2.05, 4.69) is 5.32 Å². The van der Waals surface area contributed by atoms with Gasteiger partial charge in [-0.3, -0.25) is 9.59 Å². The molecule has 1 rings (SSSR count). The summed E-state index contributed by atoms with van der Waals surface area (Å²) in [5.74, 6) is -1.39. The van der Waals surface area contributed by atoms with Crippen LogP contribution in [0.4, 0.5) is 0 Å². The van der Waals surface area contributed by atoms with Gasteiger partial charge in [-0.05, 0) is 33.1 Å². The second kappa shape index (κ2) is 5.49. The lowest BCUT2D eigenvalue weighted by Gasteiger charge is -2.27. The first kappa shape index (κ1) is 14.0. The summed E-state index contributed by atoms with van der Waals surface area (Å²) in [5, 5.41) is 11.8. The van der Waals surface area contributed by atoms with E-state index in [9.17, 15) is 9.59 Å². The highest BCUT2D eigenvalue weighted by molar-refractivity contribution is 5.81. The SMILES string of the molecule is COCC(C)(C)NC(=O)[C@@H]1CC[C@H](C(=O)O)C1. The van der Waals surface area contributed by atoms with Crippen molar-refractivity contribution in [1.82, 2.24) is 5.32 Å². The molecule has 2 atom stereocenters. The van der Waals surface area contributed by atoms with Crippen LogP contribution in [0.25, 0.3) is 0 Å². The Morgan fingerprint density at radius 3 is 2.41 bits per heavy atom. The highest BCUT2D eigenvalue weighted by Crippen LogP contribution is 2.31. The number of carboxylic acid groups (broad SMARTS) is 1. The topological polar surface area (TPSA) is 75.6 Å². The molecular formula is C12H21NO4. The Hall–Kier alpha value is -1.10. The van der Waals surface area contributed by atoms with Crippen molar-refractivity contribution in [3.63, 3.8) is 0 Å². The predicted molar refractivity (Wildman–Crippen MR) is 62.6 cm³/mol. The summed E-state index contributed by atoms with van der Waals surface area (Å²) in [6.07, 6.45) is 1.70. The molecule has 5 heteroatoms. The van der Waals surface area contributed by atoms with E-state index < -0.39 is 11.5 Å². The number of aliphatic carboxylic acids is 1. The average Bonchev–Trinajstić information content (AvgIpc) is 2.64. The van der Waals surface area contributed by atoms with Crippen LogP contribution in [0.1, 0.15) is 33.1 Å². The van der Waals surface area contributed by atoms with Crippen LogP contribution in [0.2, 0.25) is 0 Å². The highest BCUT2D eigenvalue weighted by atomic mass is 16.5. The summed E-state index contributed by atoms with van der Waals surface area (Å²) in [7, 11) is 1.59. The predicted octanol–water partition coefficient (Wildman–Crippen LogP) is 1.03. The molecule has 0 heterocycles. The van der Waals surface area contributed by atoms with Crippen molar-refractivity contribution in [1.29, 1.82) is 0 Å². The maximum absolute atomic E-state index is 11.9. The summed E-state index contributed by atoms with van der Waals surface area (Å²) >= 11 is 0. The number of amides is 1. The van der Waals surface area contributed by atoms with Crippen molar-refractivity contribution in [2.24, 2.45) is 11.8 Å². The number of methoxy groups -OCH3 is 1. The number of hydrogen-bond donors (Lipinski definition) is 2. The van der Waals surface area contributed by atoms with Gasteiger partial charge in [0, 0.05) is 13.0 Å². The van der Waals surface area contributed by atoms with E-state index in [-0.39, 0.29) is 17.7 Å². The molecule has 0 unspecified atom stereocenters. The maximum Gasteiger partial charge on any atom is 0.306 e. The minimum atomic E-state index is -0.795. The molecule has 98 valence electrons. The molecule has 17 heavy (non-hydrogen) atoms. The quantitative estimate of drug-likeness (QED) is 0.756. The third kappa shape index (κ3) is 4.00. The molecule has 0 aliphatic heterocycles. The van der Waals surface area contributed by atoms with E-state index >= 15 is 0 Å². The van der Waals surface area contributed by atoms with E-state index in [4.69, 9.17) is 9.84 Å². The Bertz CT molecular complexity index is 301. The third-order valence-electron chi connectivity index (χ3n) is 3.12. The number of carbonyl (C=O) groups is 2. The Labute approximate surface area is 102 Å². The summed E-state index contributed by atoms with van der Waals surface area (Å²) in [4.78, 5) is 22.8. The molecule has 0 radical (unpaired) electrons. The van der Waals surface area contributed by atoms with Crippen molar-refractivity contribution in [2.45, 2.75) is 38.6 Å². The van der Waals surface area contributed by atoms with Crippen molar-refractivity contribution < 1.29 is 19.4 Å². The van der Waals surface area contributed by atoms with Gasteiger partial charge in [0.2, 0.25) is 5.91 Å². The lowest BCUT2D eigenvalue weighted by molar-refractivity contribution is -0.141. The molecule has 2 N–H and O–H groups in total. The van der Waals surface area contributed by atoms with E-state index in [1.807, 2.05) is 13.8 Å². The maximum atomic E-state index is 11.9. The van der Waals surface area contributed by atoms with E-state index in [0.717, 1.165) is 0 Å².